The molecule has 27 heavy (non-hydrogen) atoms. The molecule has 0 aromatic heterocycles. The van der Waals surface area contributed by atoms with E-state index in [1.54, 1.807) is 0 Å². The zero-order valence-corrected chi connectivity index (χ0v) is 14.7. The van der Waals surface area contributed by atoms with E-state index in [9.17, 15) is 14.9 Å². The van der Waals surface area contributed by atoms with Crippen LogP contribution < -0.4 is 0 Å². The quantitative estimate of drug-likeness (QED) is 0.311. The van der Waals surface area contributed by atoms with E-state index < -0.39 is 4.92 Å². The SMILES string of the molecule is O=C(CC(/C=C/c1ccccc1)c1ccccc1)c1ccc([N+](=O)[O-])cc1. The maximum Gasteiger partial charge on any atom is 0.269 e. The van der Waals surface area contributed by atoms with Crippen molar-refractivity contribution in [3.05, 3.63) is 118 Å². The topological polar surface area (TPSA) is 60.2 Å². The molecule has 0 aliphatic carbocycles. The Balaban J connectivity index is 1.81. The highest BCUT2D eigenvalue weighted by Gasteiger charge is 2.16. The summed E-state index contributed by atoms with van der Waals surface area (Å²) in [6.07, 6.45) is 4.35. The van der Waals surface area contributed by atoms with Crippen molar-refractivity contribution in [2.24, 2.45) is 0 Å². The van der Waals surface area contributed by atoms with Gasteiger partial charge in [0.25, 0.3) is 5.69 Å². The van der Waals surface area contributed by atoms with Crippen LogP contribution in [0.15, 0.2) is 91.0 Å². The summed E-state index contributed by atoms with van der Waals surface area (Å²) in [5.41, 5.74) is 2.59. The van der Waals surface area contributed by atoms with E-state index >= 15 is 0 Å². The average Bonchev–Trinajstić information content (AvgIpc) is 2.72. The van der Waals surface area contributed by atoms with Crippen molar-refractivity contribution in [3.63, 3.8) is 0 Å². The van der Waals surface area contributed by atoms with Crippen LogP contribution in [0.4, 0.5) is 5.69 Å². The van der Waals surface area contributed by atoms with E-state index in [1.807, 2.05) is 72.8 Å². The zero-order chi connectivity index (χ0) is 19.1. The lowest BCUT2D eigenvalue weighted by atomic mass is 9.90. The first-order valence-corrected chi connectivity index (χ1v) is 8.69. The number of hydrogen-bond donors (Lipinski definition) is 0. The van der Waals surface area contributed by atoms with Crippen LogP contribution in [-0.2, 0) is 0 Å². The third-order valence-corrected chi connectivity index (χ3v) is 4.35. The fourth-order valence-electron chi connectivity index (χ4n) is 2.88. The summed E-state index contributed by atoms with van der Waals surface area (Å²) in [6, 6.07) is 25.5. The number of non-ortho nitro benzene ring substituents is 1. The van der Waals surface area contributed by atoms with E-state index in [-0.39, 0.29) is 17.4 Å². The van der Waals surface area contributed by atoms with Gasteiger partial charge in [0.15, 0.2) is 5.78 Å². The van der Waals surface area contributed by atoms with Gasteiger partial charge in [-0.3, -0.25) is 14.9 Å². The molecule has 0 saturated heterocycles. The van der Waals surface area contributed by atoms with Gasteiger partial charge in [0, 0.05) is 30.0 Å². The lowest BCUT2D eigenvalue weighted by molar-refractivity contribution is -0.384. The number of benzene rings is 3. The molecule has 0 fully saturated rings. The Morgan fingerprint density at radius 1 is 0.889 bits per heavy atom. The summed E-state index contributed by atoms with van der Waals surface area (Å²) in [5, 5.41) is 10.8. The normalized spacial score (nSPS) is 12.0. The second-order valence-corrected chi connectivity index (χ2v) is 6.22. The van der Waals surface area contributed by atoms with E-state index in [2.05, 4.69) is 0 Å². The molecule has 0 heterocycles. The average molecular weight is 357 g/mol. The molecular weight excluding hydrogens is 338 g/mol. The third-order valence-electron chi connectivity index (χ3n) is 4.35. The molecule has 3 aromatic carbocycles. The van der Waals surface area contributed by atoms with Gasteiger partial charge >= 0.3 is 0 Å². The highest BCUT2D eigenvalue weighted by atomic mass is 16.6. The largest absolute Gasteiger partial charge is 0.294 e. The van der Waals surface area contributed by atoms with Gasteiger partial charge in [0.1, 0.15) is 0 Å². The predicted molar refractivity (Wildman–Crippen MR) is 107 cm³/mol. The number of nitrogens with zero attached hydrogens (tertiary/aromatic N) is 1. The molecule has 0 amide bonds. The molecule has 4 nitrogen and oxygen atoms in total. The summed E-state index contributed by atoms with van der Waals surface area (Å²) in [5.74, 6) is -0.120. The van der Waals surface area contributed by atoms with Gasteiger partial charge in [0.2, 0.25) is 0 Å². The molecule has 3 rings (SSSR count). The second kappa shape index (κ2) is 8.72. The molecular formula is C23H19NO3. The first-order chi connectivity index (χ1) is 13.1. The summed E-state index contributed by atoms with van der Waals surface area (Å²) >= 11 is 0. The first-order valence-electron chi connectivity index (χ1n) is 8.69. The van der Waals surface area contributed by atoms with E-state index in [0.29, 0.717) is 12.0 Å². The van der Waals surface area contributed by atoms with Crippen LogP contribution in [0.5, 0.6) is 0 Å². The Morgan fingerprint density at radius 2 is 1.48 bits per heavy atom. The molecule has 0 radical (unpaired) electrons. The van der Waals surface area contributed by atoms with Crippen LogP contribution in [0.25, 0.3) is 6.08 Å². The Bertz CT molecular complexity index is 932. The molecule has 0 saturated carbocycles. The molecule has 0 aliphatic rings. The Morgan fingerprint density at radius 3 is 2.07 bits per heavy atom. The number of Topliss-reactive ketones (excluding diaryl/α,β-unsaturated/α-hetero) is 1. The van der Waals surface area contributed by atoms with Crippen molar-refractivity contribution in [1.29, 1.82) is 0 Å². The minimum absolute atomic E-state index is 0.0184. The number of allylic oxidation sites excluding steroid dienone is 1. The molecule has 134 valence electrons. The van der Waals surface area contributed by atoms with Gasteiger partial charge < -0.3 is 0 Å². The molecule has 0 spiro atoms. The van der Waals surface area contributed by atoms with Crippen LogP contribution in [0, 0.1) is 10.1 Å². The van der Waals surface area contributed by atoms with Gasteiger partial charge in [-0.15, -0.1) is 0 Å². The Kier molecular flexibility index (Phi) is 5.90. The van der Waals surface area contributed by atoms with Gasteiger partial charge in [0.05, 0.1) is 4.92 Å². The smallest absolute Gasteiger partial charge is 0.269 e. The van der Waals surface area contributed by atoms with Crippen molar-refractivity contribution in [2.45, 2.75) is 12.3 Å². The maximum absolute atomic E-state index is 12.7. The van der Waals surface area contributed by atoms with Gasteiger partial charge in [-0.1, -0.05) is 72.8 Å². The van der Waals surface area contributed by atoms with Gasteiger partial charge in [-0.05, 0) is 23.3 Å². The van der Waals surface area contributed by atoms with Crippen molar-refractivity contribution >= 4 is 17.5 Å². The molecule has 1 atom stereocenters. The molecule has 4 heteroatoms. The van der Waals surface area contributed by atoms with Gasteiger partial charge in [-0.25, -0.2) is 0 Å². The van der Waals surface area contributed by atoms with E-state index in [4.69, 9.17) is 0 Å². The predicted octanol–water partition coefficient (Wildman–Crippen LogP) is 5.66. The van der Waals surface area contributed by atoms with Crippen LogP contribution in [0.3, 0.4) is 0 Å². The van der Waals surface area contributed by atoms with Crippen molar-refractivity contribution < 1.29 is 9.72 Å². The fraction of sp³-hybridized carbons (Fsp3) is 0.0870. The lowest BCUT2D eigenvalue weighted by Crippen LogP contribution is -2.06. The molecule has 3 aromatic rings. The van der Waals surface area contributed by atoms with Crippen molar-refractivity contribution in [1.82, 2.24) is 0 Å². The monoisotopic (exact) mass is 357 g/mol. The minimum Gasteiger partial charge on any atom is -0.294 e. The molecule has 0 aliphatic heterocycles. The van der Waals surface area contributed by atoms with E-state index in [1.165, 1.54) is 24.3 Å². The van der Waals surface area contributed by atoms with Crippen LogP contribution in [0.2, 0.25) is 0 Å². The third kappa shape index (κ3) is 4.98. The molecule has 1 unspecified atom stereocenters. The number of nitro groups is 1. The highest BCUT2D eigenvalue weighted by Crippen LogP contribution is 2.25. The van der Waals surface area contributed by atoms with Crippen LogP contribution >= 0.6 is 0 Å². The summed E-state index contributed by atoms with van der Waals surface area (Å²) < 4.78 is 0. The summed E-state index contributed by atoms with van der Waals surface area (Å²) in [4.78, 5) is 23.0. The van der Waals surface area contributed by atoms with Gasteiger partial charge in [-0.2, -0.15) is 0 Å². The van der Waals surface area contributed by atoms with Crippen molar-refractivity contribution in [3.8, 4) is 0 Å². The van der Waals surface area contributed by atoms with Crippen LogP contribution in [-0.4, -0.2) is 10.7 Å². The Labute approximate surface area is 157 Å². The number of carbonyl (C=O) groups is 1. The number of rotatable bonds is 7. The minimum atomic E-state index is -0.469. The number of carbonyl (C=O) groups excluding carboxylic acids is 1. The number of hydrogen-bond acceptors (Lipinski definition) is 3. The standard InChI is InChI=1S/C23H19NO3/c25-23(20-13-15-22(16-14-20)24(26)27)17-21(19-9-5-2-6-10-19)12-11-18-7-3-1-4-8-18/h1-16,21H,17H2/b12-11+. The summed E-state index contributed by atoms with van der Waals surface area (Å²) in [6.45, 7) is 0. The lowest BCUT2D eigenvalue weighted by Gasteiger charge is -2.13. The number of ketones is 1. The molecule has 0 N–H and O–H groups in total. The first kappa shape index (κ1) is 18.3. The highest BCUT2D eigenvalue weighted by molar-refractivity contribution is 5.97. The second-order valence-electron chi connectivity index (χ2n) is 6.22. The maximum atomic E-state index is 12.7. The molecule has 0 bridgehead atoms. The fourth-order valence-corrected chi connectivity index (χ4v) is 2.88. The van der Waals surface area contributed by atoms with Crippen molar-refractivity contribution in [2.75, 3.05) is 0 Å². The number of nitro benzene ring substituents is 1. The van der Waals surface area contributed by atoms with E-state index in [0.717, 1.165) is 11.1 Å². The summed E-state index contributed by atoms with van der Waals surface area (Å²) in [7, 11) is 0. The zero-order valence-electron chi connectivity index (χ0n) is 14.7. The Hall–Kier alpha value is -3.53. The van der Waals surface area contributed by atoms with Crippen LogP contribution in [0.1, 0.15) is 33.8 Å².